The van der Waals surface area contributed by atoms with Crippen molar-refractivity contribution in [1.82, 2.24) is 10.2 Å². The standard InChI is InChI=1S/C21H24N2O3S/c1-14-4-6-15(7-5-14)21(25)23-9-8-18-16(13-23)11-19(27-18)20(24)22-12-17-3-2-10-26-17/h4-7,11,17H,2-3,8-10,12-13H2,1H3,(H,22,24). The van der Waals surface area contributed by atoms with Crippen LogP contribution in [0, 0.1) is 6.92 Å². The van der Waals surface area contributed by atoms with E-state index in [1.165, 1.54) is 4.88 Å². The average Bonchev–Trinajstić information content (AvgIpc) is 3.35. The first kappa shape index (κ1) is 18.2. The van der Waals surface area contributed by atoms with Gasteiger partial charge in [0.2, 0.25) is 0 Å². The molecule has 2 aliphatic heterocycles. The van der Waals surface area contributed by atoms with Crippen molar-refractivity contribution in [3.63, 3.8) is 0 Å². The predicted octanol–water partition coefficient (Wildman–Crippen LogP) is 3.16. The van der Waals surface area contributed by atoms with E-state index in [1.807, 2.05) is 42.2 Å². The highest BCUT2D eigenvalue weighted by Crippen LogP contribution is 2.29. The molecule has 0 radical (unpaired) electrons. The number of fused-ring (bicyclic) bond motifs is 1. The average molecular weight is 385 g/mol. The zero-order valence-corrected chi connectivity index (χ0v) is 16.3. The highest BCUT2D eigenvalue weighted by molar-refractivity contribution is 7.14. The summed E-state index contributed by atoms with van der Waals surface area (Å²) in [4.78, 5) is 29.0. The van der Waals surface area contributed by atoms with Crippen molar-refractivity contribution in [2.75, 3.05) is 19.7 Å². The molecule has 0 saturated carbocycles. The third-order valence-electron chi connectivity index (χ3n) is 5.19. The zero-order valence-electron chi connectivity index (χ0n) is 15.5. The topological polar surface area (TPSA) is 58.6 Å². The maximum absolute atomic E-state index is 12.7. The number of carbonyl (C=O) groups excluding carboxylic acids is 2. The van der Waals surface area contributed by atoms with E-state index < -0.39 is 0 Å². The minimum absolute atomic E-state index is 0.0405. The Balaban J connectivity index is 1.40. The molecule has 0 bridgehead atoms. The molecule has 4 rings (SSSR count). The molecule has 1 aromatic carbocycles. The molecule has 5 nitrogen and oxygen atoms in total. The Kier molecular flexibility index (Phi) is 5.27. The van der Waals surface area contributed by atoms with Gasteiger partial charge in [0.25, 0.3) is 11.8 Å². The van der Waals surface area contributed by atoms with E-state index in [9.17, 15) is 9.59 Å². The number of amides is 2. The van der Waals surface area contributed by atoms with Crippen LogP contribution in [0.2, 0.25) is 0 Å². The second kappa shape index (κ2) is 7.82. The second-order valence-corrected chi connectivity index (χ2v) is 8.38. The van der Waals surface area contributed by atoms with Crippen molar-refractivity contribution in [3.8, 4) is 0 Å². The summed E-state index contributed by atoms with van der Waals surface area (Å²) in [6.45, 7) is 4.63. The van der Waals surface area contributed by atoms with Gasteiger partial charge in [0.15, 0.2) is 0 Å². The Hall–Kier alpha value is -2.18. The first-order valence-corrected chi connectivity index (χ1v) is 10.3. The van der Waals surface area contributed by atoms with Crippen LogP contribution in [0.1, 0.15) is 48.9 Å². The van der Waals surface area contributed by atoms with Gasteiger partial charge >= 0.3 is 0 Å². The van der Waals surface area contributed by atoms with Gasteiger partial charge in [-0.15, -0.1) is 11.3 Å². The van der Waals surface area contributed by atoms with E-state index in [4.69, 9.17) is 4.74 Å². The highest BCUT2D eigenvalue weighted by atomic mass is 32.1. The quantitative estimate of drug-likeness (QED) is 0.881. The minimum atomic E-state index is -0.0405. The molecule has 1 N–H and O–H groups in total. The summed E-state index contributed by atoms with van der Waals surface area (Å²) in [5.74, 6) is 0.0116. The molecule has 1 aromatic heterocycles. The number of nitrogens with one attached hydrogen (secondary N) is 1. The van der Waals surface area contributed by atoms with Crippen LogP contribution in [-0.2, 0) is 17.7 Å². The van der Waals surface area contributed by atoms with E-state index >= 15 is 0 Å². The fourth-order valence-corrected chi connectivity index (χ4v) is 4.68. The second-order valence-electron chi connectivity index (χ2n) is 7.25. The molecule has 2 aromatic rings. The third-order valence-corrected chi connectivity index (χ3v) is 6.43. The molecule has 0 aliphatic carbocycles. The van der Waals surface area contributed by atoms with Gasteiger partial charge in [0.1, 0.15) is 0 Å². The summed E-state index contributed by atoms with van der Waals surface area (Å²) in [6.07, 6.45) is 3.03. The van der Waals surface area contributed by atoms with E-state index in [-0.39, 0.29) is 17.9 Å². The SMILES string of the molecule is Cc1ccc(C(=O)N2CCc3sc(C(=O)NCC4CCCO4)cc3C2)cc1. The molecular weight excluding hydrogens is 360 g/mol. The fourth-order valence-electron chi connectivity index (χ4n) is 3.60. The number of thiophene rings is 1. The van der Waals surface area contributed by atoms with Gasteiger partial charge in [-0.3, -0.25) is 9.59 Å². The Bertz CT molecular complexity index is 838. The number of ether oxygens (including phenoxy) is 1. The van der Waals surface area contributed by atoms with E-state index in [0.717, 1.165) is 41.9 Å². The van der Waals surface area contributed by atoms with Crippen molar-refractivity contribution in [1.29, 1.82) is 0 Å². The van der Waals surface area contributed by atoms with Crippen LogP contribution in [0.5, 0.6) is 0 Å². The molecule has 0 spiro atoms. The number of benzene rings is 1. The van der Waals surface area contributed by atoms with Crippen LogP contribution in [0.4, 0.5) is 0 Å². The van der Waals surface area contributed by atoms with E-state index in [0.29, 0.717) is 25.2 Å². The lowest BCUT2D eigenvalue weighted by molar-refractivity contribution is 0.0736. The number of carbonyl (C=O) groups is 2. The van der Waals surface area contributed by atoms with Crippen molar-refractivity contribution in [2.24, 2.45) is 0 Å². The van der Waals surface area contributed by atoms with Crippen LogP contribution in [0.25, 0.3) is 0 Å². The van der Waals surface area contributed by atoms with Gasteiger partial charge in [0.05, 0.1) is 11.0 Å². The lowest BCUT2D eigenvalue weighted by Crippen LogP contribution is -2.35. The number of hydrogen-bond donors (Lipinski definition) is 1. The summed E-state index contributed by atoms with van der Waals surface area (Å²) in [5.41, 5.74) is 2.95. The van der Waals surface area contributed by atoms with Crippen LogP contribution < -0.4 is 5.32 Å². The Morgan fingerprint density at radius 1 is 1.30 bits per heavy atom. The monoisotopic (exact) mass is 384 g/mol. The van der Waals surface area contributed by atoms with E-state index in [1.54, 1.807) is 11.3 Å². The summed E-state index contributed by atoms with van der Waals surface area (Å²) in [6, 6.07) is 9.63. The molecule has 6 heteroatoms. The van der Waals surface area contributed by atoms with E-state index in [2.05, 4.69) is 5.32 Å². The molecule has 1 unspecified atom stereocenters. The highest BCUT2D eigenvalue weighted by Gasteiger charge is 2.25. The molecule has 27 heavy (non-hydrogen) atoms. The number of nitrogens with zero attached hydrogens (tertiary/aromatic N) is 1. The predicted molar refractivity (Wildman–Crippen MR) is 105 cm³/mol. The maximum Gasteiger partial charge on any atom is 0.261 e. The summed E-state index contributed by atoms with van der Waals surface area (Å²) in [7, 11) is 0. The summed E-state index contributed by atoms with van der Waals surface area (Å²) >= 11 is 1.55. The zero-order chi connectivity index (χ0) is 18.8. The number of rotatable bonds is 4. The molecule has 1 atom stereocenters. The Labute approximate surface area is 163 Å². The molecule has 2 amide bonds. The summed E-state index contributed by atoms with van der Waals surface area (Å²) in [5, 5.41) is 2.98. The van der Waals surface area contributed by atoms with Gasteiger partial charge in [0, 0.05) is 36.7 Å². The van der Waals surface area contributed by atoms with Gasteiger partial charge in [-0.05, 0) is 49.9 Å². The van der Waals surface area contributed by atoms with Crippen molar-refractivity contribution >= 4 is 23.2 Å². The van der Waals surface area contributed by atoms with Crippen LogP contribution in [0.3, 0.4) is 0 Å². The van der Waals surface area contributed by atoms with Crippen LogP contribution >= 0.6 is 11.3 Å². The lowest BCUT2D eigenvalue weighted by atomic mass is 10.1. The van der Waals surface area contributed by atoms with Gasteiger partial charge < -0.3 is 15.0 Å². The summed E-state index contributed by atoms with van der Waals surface area (Å²) < 4.78 is 5.55. The van der Waals surface area contributed by atoms with Gasteiger partial charge in [-0.25, -0.2) is 0 Å². The van der Waals surface area contributed by atoms with Crippen molar-refractivity contribution in [3.05, 3.63) is 56.8 Å². The normalized spacial score (nSPS) is 19.0. The molecule has 2 aliphatic rings. The number of aryl methyl sites for hydroxylation is 1. The maximum atomic E-state index is 12.7. The molecule has 142 valence electrons. The minimum Gasteiger partial charge on any atom is -0.376 e. The smallest absolute Gasteiger partial charge is 0.261 e. The molecule has 1 fully saturated rings. The largest absolute Gasteiger partial charge is 0.376 e. The lowest BCUT2D eigenvalue weighted by Gasteiger charge is -2.27. The van der Waals surface area contributed by atoms with Crippen LogP contribution in [-0.4, -0.2) is 42.5 Å². The first-order chi connectivity index (χ1) is 13.1. The number of hydrogen-bond acceptors (Lipinski definition) is 4. The van der Waals surface area contributed by atoms with Crippen LogP contribution in [0.15, 0.2) is 30.3 Å². The van der Waals surface area contributed by atoms with Crippen molar-refractivity contribution in [2.45, 2.75) is 38.8 Å². The fraction of sp³-hybridized carbons (Fsp3) is 0.429. The third kappa shape index (κ3) is 4.06. The Morgan fingerprint density at radius 2 is 2.11 bits per heavy atom. The Morgan fingerprint density at radius 3 is 2.85 bits per heavy atom. The molecular formula is C21H24N2O3S. The van der Waals surface area contributed by atoms with Gasteiger partial charge in [-0.1, -0.05) is 17.7 Å². The molecule has 1 saturated heterocycles. The van der Waals surface area contributed by atoms with Crippen molar-refractivity contribution < 1.29 is 14.3 Å². The first-order valence-electron chi connectivity index (χ1n) is 9.47. The molecule has 3 heterocycles. The van der Waals surface area contributed by atoms with Gasteiger partial charge in [-0.2, -0.15) is 0 Å².